The summed E-state index contributed by atoms with van der Waals surface area (Å²) >= 11 is 0. The molecule has 1 aromatic rings. The highest BCUT2D eigenvalue weighted by Crippen LogP contribution is 2.28. The highest BCUT2D eigenvalue weighted by molar-refractivity contribution is 5.19. The van der Waals surface area contributed by atoms with Gasteiger partial charge in [-0.05, 0) is 49.5 Å². The fraction of sp³-hybridized carbons (Fsp3) is 0.571. The van der Waals surface area contributed by atoms with E-state index in [1.807, 2.05) is 0 Å². The van der Waals surface area contributed by atoms with Crippen molar-refractivity contribution in [3.05, 3.63) is 35.1 Å². The number of nitrogens with one attached hydrogen (secondary N) is 1. The molecule has 2 saturated heterocycles. The molecule has 2 fully saturated rings. The second-order valence-electron chi connectivity index (χ2n) is 5.47. The summed E-state index contributed by atoms with van der Waals surface area (Å²) < 4.78 is 39.4. The van der Waals surface area contributed by atoms with Crippen LogP contribution in [0.15, 0.2) is 12.1 Å². The average Bonchev–Trinajstić information content (AvgIpc) is 2.85. The molecule has 0 aromatic heterocycles. The second kappa shape index (κ2) is 5.13. The zero-order chi connectivity index (χ0) is 13.4. The van der Waals surface area contributed by atoms with E-state index in [-0.39, 0.29) is 0 Å². The number of hydrogen-bond acceptors (Lipinski definition) is 2. The molecule has 2 nitrogen and oxygen atoms in total. The van der Waals surface area contributed by atoms with E-state index in [9.17, 15) is 13.2 Å². The number of nitrogens with zero attached hydrogens (tertiary/aromatic N) is 1. The van der Waals surface area contributed by atoms with E-state index < -0.39 is 17.5 Å². The van der Waals surface area contributed by atoms with E-state index >= 15 is 0 Å². The summed E-state index contributed by atoms with van der Waals surface area (Å²) in [5.41, 5.74) is 0.504. The van der Waals surface area contributed by atoms with E-state index in [1.54, 1.807) is 0 Å². The van der Waals surface area contributed by atoms with Gasteiger partial charge in [0.1, 0.15) is 0 Å². The van der Waals surface area contributed by atoms with E-state index in [4.69, 9.17) is 0 Å². The lowest BCUT2D eigenvalue weighted by Crippen LogP contribution is -2.44. The van der Waals surface area contributed by atoms with Crippen LogP contribution in [0.25, 0.3) is 0 Å². The first-order valence-corrected chi connectivity index (χ1v) is 6.73. The van der Waals surface area contributed by atoms with Crippen LogP contribution in [0.4, 0.5) is 13.2 Å². The Labute approximate surface area is 110 Å². The highest BCUT2D eigenvalue weighted by atomic mass is 19.2. The summed E-state index contributed by atoms with van der Waals surface area (Å²) in [6.07, 6.45) is 2.31. The molecule has 0 spiro atoms. The SMILES string of the molecule is Fc1cc(CN2CCCC3CNCC32)cc(F)c1F. The summed E-state index contributed by atoms with van der Waals surface area (Å²) in [5, 5.41) is 3.36. The van der Waals surface area contributed by atoms with Gasteiger partial charge in [0.05, 0.1) is 0 Å². The Morgan fingerprint density at radius 1 is 1.16 bits per heavy atom. The van der Waals surface area contributed by atoms with Crippen molar-refractivity contribution < 1.29 is 13.2 Å². The molecule has 2 aliphatic heterocycles. The fourth-order valence-electron chi connectivity index (χ4n) is 3.29. The zero-order valence-corrected chi connectivity index (χ0v) is 10.6. The van der Waals surface area contributed by atoms with Crippen molar-refractivity contribution in [3.63, 3.8) is 0 Å². The molecular formula is C14H17F3N2. The Balaban J connectivity index is 1.77. The Kier molecular flexibility index (Phi) is 3.50. The minimum atomic E-state index is -1.39. The van der Waals surface area contributed by atoms with Crippen LogP contribution in [-0.2, 0) is 6.54 Å². The third-order valence-electron chi connectivity index (χ3n) is 4.22. The molecule has 2 aliphatic rings. The Hall–Kier alpha value is -1.07. The molecule has 0 radical (unpaired) electrons. The Morgan fingerprint density at radius 2 is 1.89 bits per heavy atom. The molecule has 19 heavy (non-hydrogen) atoms. The number of likely N-dealkylation sites (tertiary alicyclic amines) is 1. The normalized spacial score (nSPS) is 27.5. The van der Waals surface area contributed by atoms with E-state index in [0.29, 0.717) is 24.1 Å². The van der Waals surface area contributed by atoms with Crippen molar-refractivity contribution in [2.75, 3.05) is 19.6 Å². The third kappa shape index (κ3) is 2.49. The molecule has 2 atom stereocenters. The van der Waals surface area contributed by atoms with Crippen molar-refractivity contribution in [1.82, 2.24) is 10.2 Å². The molecule has 2 unspecified atom stereocenters. The minimum absolute atomic E-state index is 0.435. The number of piperidine rings is 1. The van der Waals surface area contributed by atoms with Crippen molar-refractivity contribution in [3.8, 4) is 0 Å². The average molecular weight is 270 g/mol. The Morgan fingerprint density at radius 3 is 2.63 bits per heavy atom. The van der Waals surface area contributed by atoms with Crippen molar-refractivity contribution >= 4 is 0 Å². The van der Waals surface area contributed by atoms with Gasteiger partial charge in [0.2, 0.25) is 0 Å². The Bertz CT molecular complexity index is 455. The number of rotatable bonds is 2. The van der Waals surface area contributed by atoms with Gasteiger partial charge in [-0.15, -0.1) is 0 Å². The van der Waals surface area contributed by atoms with Crippen molar-refractivity contribution in [1.29, 1.82) is 0 Å². The van der Waals surface area contributed by atoms with Gasteiger partial charge in [-0.25, -0.2) is 13.2 Å². The van der Waals surface area contributed by atoms with E-state index in [0.717, 1.165) is 38.2 Å². The second-order valence-corrected chi connectivity index (χ2v) is 5.47. The van der Waals surface area contributed by atoms with Gasteiger partial charge >= 0.3 is 0 Å². The number of halogens is 3. The first-order valence-electron chi connectivity index (χ1n) is 6.73. The standard InChI is InChI=1S/C14H17F3N2/c15-11-4-9(5-12(16)14(11)17)8-19-3-1-2-10-6-18-7-13(10)19/h4-5,10,13,18H,1-3,6-8H2. The molecule has 3 rings (SSSR count). The number of hydrogen-bond donors (Lipinski definition) is 1. The number of fused-ring (bicyclic) bond motifs is 1. The van der Waals surface area contributed by atoms with Crippen LogP contribution < -0.4 is 5.32 Å². The molecule has 5 heteroatoms. The quantitative estimate of drug-likeness (QED) is 0.829. The smallest absolute Gasteiger partial charge is 0.194 e. The maximum Gasteiger partial charge on any atom is 0.194 e. The molecule has 1 N–H and O–H groups in total. The molecule has 104 valence electrons. The maximum atomic E-state index is 13.2. The first-order chi connectivity index (χ1) is 9.15. The highest BCUT2D eigenvalue weighted by Gasteiger charge is 2.34. The van der Waals surface area contributed by atoms with Crippen LogP contribution in [0.2, 0.25) is 0 Å². The van der Waals surface area contributed by atoms with Gasteiger partial charge < -0.3 is 5.32 Å². The summed E-state index contributed by atoms with van der Waals surface area (Å²) in [5.74, 6) is -2.96. The van der Waals surface area contributed by atoms with Crippen LogP contribution in [-0.4, -0.2) is 30.6 Å². The molecule has 2 heterocycles. The van der Waals surface area contributed by atoms with Crippen LogP contribution in [0, 0.1) is 23.4 Å². The predicted octanol–water partition coefficient (Wildman–Crippen LogP) is 2.29. The molecule has 0 aliphatic carbocycles. The maximum absolute atomic E-state index is 13.2. The third-order valence-corrected chi connectivity index (χ3v) is 4.22. The minimum Gasteiger partial charge on any atom is -0.315 e. The van der Waals surface area contributed by atoms with Crippen LogP contribution >= 0.6 is 0 Å². The monoisotopic (exact) mass is 270 g/mol. The topological polar surface area (TPSA) is 15.3 Å². The molecule has 0 bridgehead atoms. The van der Waals surface area contributed by atoms with E-state index in [2.05, 4.69) is 10.2 Å². The lowest BCUT2D eigenvalue weighted by atomic mass is 9.91. The van der Waals surface area contributed by atoms with Gasteiger partial charge in [0.25, 0.3) is 0 Å². The zero-order valence-electron chi connectivity index (χ0n) is 10.6. The molecule has 0 amide bonds. The van der Waals surface area contributed by atoms with Crippen LogP contribution in [0.5, 0.6) is 0 Å². The fourth-order valence-corrected chi connectivity index (χ4v) is 3.29. The summed E-state index contributed by atoms with van der Waals surface area (Å²) in [4.78, 5) is 2.25. The van der Waals surface area contributed by atoms with Gasteiger partial charge in [-0.1, -0.05) is 0 Å². The molecular weight excluding hydrogens is 253 g/mol. The largest absolute Gasteiger partial charge is 0.315 e. The predicted molar refractivity (Wildman–Crippen MR) is 66.1 cm³/mol. The van der Waals surface area contributed by atoms with Gasteiger partial charge in [0.15, 0.2) is 17.5 Å². The molecule has 1 aromatic carbocycles. The van der Waals surface area contributed by atoms with Crippen molar-refractivity contribution in [2.24, 2.45) is 5.92 Å². The van der Waals surface area contributed by atoms with Gasteiger partial charge in [-0.3, -0.25) is 4.90 Å². The summed E-state index contributed by atoms with van der Waals surface area (Å²) in [6.45, 7) is 3.37. The van der Waals surface area contributed by atoms with Crippen LogP contribution in [0.1, 0.15) is 18.4 Å². The van der Waals surface area contributed by atoms with Gasteiger partial charge in [0, 0.05) is 19.1 Å². The number of benzene rings is 1. The lowest BCUT2D eigenvalue weighted by Gasteiger charge is -2.37. The van der Waals surface area contributed by atoms with Gasteiger partial charge in [-0.2, -0.15) is 0 Å². The summed E-state index contributed by atoms with van der Waals surface area (Å²) in [7, 11) is 0. The van der Waals surface area contributed by atoms with Crippen LogP contribution in [0.3, 0.4) is 0 Å². The summed E-state index contributed by atoms with van der Waals surface area (Å²) in [6, 6.07) is 2.64. The molecule has 0 saturated carbocycles. The van der Waals surface area contributed by atoms with Crippen molar-refractivity contribution in [2.45, 2.75) is 25.4 Å². The van der Waals surface area contributed by atoms with E-state index in [1.165, 1.54) is 6.42 Å². The lowest BCUT2D eigenvalue weighted by molar-refractivity contribution is 0.117. The first kappa shape index (κ1) is 12.9.